The number of carbonyl (C=O) groups excluding carboxylic acids is 2. The van der Waals surface area contributed by atoms with E-state index in [0.717, 1.165) is 0 Å². The molecule has 2 N–H and O–H groups in total. The van der Waals surface area contributed by atoms with Gasteiger partial charge in [-0.05, 0) is 24.6 Å². The molecule has 0 bridgehead atoms. The summed E-state index contributed by atoms with van der Waals surface area (Å²) in [6.45, 7) is 1.70. The first-order chi connectivity index (χ1) is 10.1. The molecule has 1 aromatic heterocycles. The molecule has 5 heteroatoms. The minimum absolute atomic E-state index is 0.112. The van der Waals surface area contributed by atoms with E-state index in [9.17, 15) is 14.7 Å². The fourth-order valence-electron chi connectivity index (χ4n) is 1.98. The molecule has 1 aromatic carbocycles. The lowest BCUT2D eigenvalue weighted by Gasteiger charge is -2.16. The van der Waals surface area contributed by atoms with Crippen LogP contribution in [0.5, 0.6) is 0 Å². The molecule has 0 aliphatic carbocycles. The standard InChI is InChI=1S/C16H17NO4/c1-11(10-13(18)14-8-5-9-21-14)17-16(20)15(19)12-6-3-2-4-7-12/h2-9,11,15,19H,10H2,1H3,(H,17,20). The van der Waals surface area contributed by atoms with Crippen molar-refractivity contribution in [2.75, 3.05) is 0 Å². The number of Topliss-reactive ketones (excluding diaryl/α,β-unsaturated/α-hetero) is 1. The van der Waals surface area contributed by atoms with E-state index >= 15 is 0 Å². The van der Waals surface area contributed by atoms with Crippen LogP contribution in [0.15, 0.2) is 53.1 Å². The van der Waals surface area contributed by atoms with Crippen molar-refractivity contribution in [3.05, 3.63) is 60.1 Å². The van der Waals surface area contributed by atoms with E-state index in [1.807, 2.05) is 0 Å². The van der Waals surface area contributed by atoms with Crippen molar-refractivity contribution in [2.45, 2.75) is 25.5 Å². The highest BCUT2D eigenvalue weighted by Crippen LogP contribution is 2.13. The highest BCUT2D eigenvalue weighted by atomic mass is 16.3. The van der Waals surface area contributed by atoms with Gasteiger partial charge < -0.3 is 14.8 Å². The molecule has 1 heterocycles. The van der Waals surface area contributed by atoms with Gasteiger partial charge in [-0.25, -0.2) is 0 Å². The highest BCUT2D eigenvalue weighted by Gasteiger charge is 2.21. The molecular weight excluding hydrogens is 270 g/mol. The van der Waals surface area contributed by atoms with Gasteiger partial charge in [-0.1, -0.05) is 30.3 Å². The normalized spacial score (nSPS) is 13.4. The zero-order valence-electron chi connectivity index (χ0n) is 11.7. The molecular formula is C16H17NO4. The van der Waals surface area contributed by atoms with Crippen molar-refractivity contribution in [2.24, 2.45) is 0 Å². The lowest BCUT2D eigenvalue weighted by Crippen LogP contribution is -2.37. The Morgan fingerprint density at radius 2 is 1.90 bits per heavy atom. The number of nitrogens with one attached hydrogen (secondary N) is 1. The number of hydrogen-bond donors (Lipinski definition) is 2. The van der Waals surface area contributed by atoms with E-state index < -0.39 is 18.1 Å². The number of benzene rings is 1. The van der Waals surface area contributed by atoms with Crippen LogP contribution >= 0.6 is 0 Å². The highest BCUT2D eigenvalue weighted by molar-refractivity contribution is 5.94. The number of hydrogen-bond acceptors (Lipinski definition) is 4. The molecule has 0 saturated carbocycles. The zero-order chi connectivity index (χ0) is 15.2. The Labute approximate surface area is 122 Å². The molecule has 5 nitrogen and oxygen atoms in total. The molecule has 0 aliphatic heterocycles. The minimum atomic E-state index is -1.24. The van der Waals surface area contributed by atoms with E-state index in [-0.39, 0.29) is 18.0 Å². The van der Waals surface area contributed by atoms with Crippen molar-refractivity contribution >= 4 is 11.7 Å². The third-order valence-electron chi connectivity index (χ3n) is 3.04. The van der Waals surface area contributed by atoms with Crippen LogP contribution < -0.4 is 5.32 Å². The summed E-state index contributed by atoms with van der Waals surface area (Å²) in [7, 11) is 0. The van der Waals surface area contributed by atoms with Gasteiger partial charge in [0.25, 0.3) is 5.91 Å². The monoisotopic (exact) mass is 287 g/mol. The molecule has 0 aliphatic rings. The van der Waals surface area contributed by atoms with E-state index in [2.05, 4.69) is 5.32 Å². The second-order valence-corrected chi connectivity index (χ2v) is 4.83. The predicted molar refractivity (Wildman–Crippen MR) is 76.7 cm³/mol. The average molecular weight is 287 g/mol. The number of amides is 1. The number of aliphatic hydroxyl groups excluding tert-OH is 1. The molecule has 0 fully saturated rings. The summed E-state index contributed by atoms with van der Waals surface area (Å²) >= 11 is 0. The van der Waals surface area contributed by atoms with Crippen LogP contribution in [0.3, 0.4) is 0 Å². The van der Waals surface area contributed by atoms with Crippen LogP contribution in [0.1, 0.15) is 35.6 Å². The van der Waals surface area contributed by atoms with Crippen LogP contribution in [-0.2, 0) is 4.79 Å². The molecule has 2 aromatic rings. The van der Waals surface area contributed by atoms with Gasteiger partial charge in [-0.3, -0.25) is 9.59 Å². The average Bonchev–Trinajstić information content (AvgIpc) is 3.01. The van der Waals surface area contributed by atoms with Gasteiger partial charge in [0.2, 0.25) is 0 Å². The van der Waals surface area contributed by atoms with Gasteiger partial charge in [-0.15, -0.1) is 0 Å². The summed E-state index contributed by atoms with van der Waals surface area (Å²) in [5.74, 6) is -0.456. The smallest absolute Gasteiger partial charge is 0.253 e. The quantitative estimate of drug-likeness (QED) is 0.797. The summed E-state index contributed by atoms with van der Waals surface area (Å²) in [6.07, 6.45) is 0.295. The van der Waals surface area contributed by atoms with Crippen LogP contribution in [0.25, 0.3) is 0 Å². The maximum atomic E-state index is 11.9. The lowest BCUT2D eigenvalue weighted by molar-refractivity contribution is -0.130. The number of furan rings is 1. The van der Waals surface area contributed by atoms with Crippen LogP contribution in [0.4, 0.5) is 0 Å². The molecule has 21 heavy (non-hydrogen) atoms. The number of rotatable bonds is 6. The van der Waals surface area contributed by atoms with Crippen LogP contribution in [-0.4, -0.2) is 22.8 Å². The molecule has 2 atom stereocenters. The Bertz CT molecular complexity index is 592. The molecule has 1 amide bonds. The summed E-state index contributed by atoms with van der Waals surface area (Å²) in [4.78, 5) is 23.8. The second kappa shape index (κ2) is 6.85. The summed E-state index contributed by atoms with van der Waals surface area (Å²) in [5.41, 5.74) is 0.513. The topological polar surface area (TPSA) is 79.5 Å². The Morgan fingerprint density at radius 3 is 2.52 bits per heavy atom. The number of carbonyl (C=O) groups is 2. The van der Waals surface area contributed by atoms with Gasteiger partial charge in [-0.2, -0.15) is 0 Å². The molecule has 0 spiro atoms. The first-order valence-corrected chi connectivity index (χ1v) is 6.68. The SMILES string of the molecule is CC(CC(=O)c1ccco1)NC(=O)C(O)c1ccccc1. The van der Waals surface area contributed by atoms with Crippen LogP contribution in [0.2, 0.25) is 0 Å². The van der Waals surface area contributed by atoms with Crippen molar-refractivity contribution in [3.8, 4) is 0 Å². The van der Waals surface area contributed by atoms with Crippen molar-refractivity contribution in [3.63, 3.8) is 0 Å². The minimum Gasteiger partial charge on any atom is -0.461 e. The Balaban J connectivity index is 1.89. The van der Waals surface area contributed by atoms with Crippen molar-refractivity contribution < 1.29 is 19.1 Å². The Morgan fingerprint density at radius 1 is 1.19 bits per heavy atom. The van der Waals surface area contributed by atoms with Gasteiger partial charge in [0.15, 0.2) is 17.6 Å². The van der Waals surface area contributed by atoms with E-state index in [0.29, 0.717) is 5.56 Å². The summed E-state index contributed by atoms with van der Waals surface area (Å²) < 4.78 is 5.01. The van der Waals surface area contributed by atoms with Gasteiger partial charge in [0.05, 0.1) is 6.26 Å². The third kappa shape index (κ3) is 4.03. The maximum absolute atomic E-state index is 11.9. The Kier molecular flexibility index (Phi) is 4.90. The lowest BCUT2D eigenvalue weighted by atomic mass is 10.1. The predicted octanol–water partition coefficient (Wildman–Crippen LogP) is 2.09. The first-order valence-electron chi connectivity index (χ1n) is 6.68. The fourth-order valence-corrected chi connectivity index (χ4v) is 1.98. The number of aliphatic hydroxyl groups is 1. The molecule has 0 saturated heterocycles. The molecule has 2 rings (SSSR count). The second-order valence-electron chi connectivity index (χ2n) is 4.83. The molecule has 0 radical (unpaired) electrons. The maximum Gasteiger partial charge on any atom is 0.253 e. The summed E-state index contributed by atoms with van der Waals surface area (Å²) in [5, 5.41) is 12.6. The number of ketones is 1. The van der Waals surface area contributed by atoms with E-state index in [4.69, 9.17) is 4.42 Å². The van der Waals surface area contributed by atoms with Gasteiger partial charge >= 0.3 is 0 Å². The van der Waals surface area contributed by atoms with Crippen molar-refractivity contribution in [1.82, 2.24) is 5.32 Å². The van der Waals surface area contributed by atoms with Gasteiger partial charge in [0.1, 0.15) is 0 Å². The largest absolute Gasteiger partial charge is 0.461 e. The molecule has 110 valence electrons. The zero-order valence-corrected chi connectivity index (χ0v) is 11.7. The molecule has 2 unspecified atom stereocenters. The van der Waals surface area contributed by atoms with Crippen LogP contribution in [0, 0.1) is 0 Å². The van der Waals surface area contributed by atoms with E-state index in [1.165, 1.54) is 6.26 Å². The Hall–Kier alpha value is -2.40. The first kappa shape index (κ1) is 15.0. The fraction of sp³-hybridized carbons (Fsp3) is 0.250. The van der Waals surface area contributed by atoms with Crippen molar-refractivity contribution in [1.29, 1.82) is 0 Å². The third-order valence-corrected chi connectivity index (χ3v) is 3.04. The van der Waals surface area contributed by atoms with E-state index in [1.54, 1.807) is 49.4 Å². The summed E-state index contributed by atoms with van der Waals surface area (Å²) in [6, 6.07) is 11.5. The van der Waals surface area contributed by atoms with Gasteiger partial charge in [0, 0.05) is 12.5 Å².